The molecule has 6 rings (SSSR count). The molecule has 0 saturated heterocycles. The molecule has 0 saturated carbocycles. The van der Waals surface area contributed by atoms with E-state index in [2.05, 4.69) is 79.0 Å². The molecule has 187 valence electrons. The zero-order valence-corrected chi connectivity index (χ0v) is 25.6. The topological polar surface area (TPSA) is 25.8 Å². The van der Waals surface area contributed by atoms with Gasteiger partial charge in [-0.2, -0.15) is 11.3 Å². The Morgan fingerprint density at radius 3 is 2.24 bits per heavy atom. The molecule has 3 heterocycles. The Morgan fingerprint density at radius 2 is 1.54 bits per heavy atom. The van der Waals surface area contributed by atoms with Gasteiger partial charge in [0, 0.05) is 37.2 Å². The van der Waals surface area contributed by atoms with E-state index in [0.717, 1.165) is 22.5 Å². The first-order valence-electron chi connectivity index (χ1n) is 12.1. The smallest absolute Gasteiger partial charge is 0.0776 e. The first-order chi connectivity index (χ1) is 17.4. The molecule has 37 heavy (non-hydrogen) atoms. The van der Waals surface area contributed by atoms with Gasteiger partial charge in [0.25, 0.3) is 0 Å². The van der Waals surface area contributed by atoms with Crippen molar-refractivity contribution in [2.75, 3.05) is 0 Å². The molecule has 6 aromatic rings. The molecule has 0 amide bonds. The fourth-order valence-electron chi connectivity index (χ4n) is 4.15. The maximum Gasteiger partial charge on any atom is 0.0776 e. The SMILES string of the molecule is Cc1ccnc(-c2[c-]ccc3c2sc2ccc([Si](C)(C)C)cc23)c1.[Ir].[c-]1ccccc1-c1ccccn1. The quantitative estimate of drug-likeness (QED) is 0.138. The summed E-state index contributed by atoms with van der Waals surface area (Å²) in [5.74, 6) is 0. The average Bonchev–Trinajstić information content (AvgIpc) is 3.28. The molecule has 2 nitrogen and oxygen atoms in total. The number of hydrogen-bond donors (Lipinski definition) is 0. The molecule has 5 heteroatoms. The maximum absolute atomic E-state index is 4.57. The van der Waals surface area contributed by atoms with Gasteiger partial charge in [0.2, 0.25) is 0 Å². The molecule has 0 spiro atoms. The predicted molar refractivity (Wildman–Crippen MR) is 158 cm³/mol. The van der Waals surface area contributed by atoms with Gasteiger partial charge in [-0.15, -0.1) is 59.7 Å². The average molecular weight is 693 g/mol. The van der Waals surface area contributed by atoms with Crippen LogP contribution in [-0.2, 0) is 20.1 Å². The normalized spacial score (nSPS) is 11.0. The number of nitrogens with zero attached hydrogens (tertiary/aromatic N) is 2. The number of pyridine rings is 2. The Labute approximate surface area is 237 Å². The van der Waals surface area contributed by atoms with Gasteiger partial charge in [0.1, 0.15) is 0 Å². The molecule has 0 aliphatic heterocycles. The molecule has 0 atom stereocenters. The minimum Gasteiger partial charge on any atom is -0.305 e. The maximum atomic E-state index is 4.57. The van der Waals surface area contributed by atoms with Crippen LogP contribution in [0, 0.1) is 19.1 Å². The summed E-state index contributed by atoms with van der Waals surface area (Å²) in [5.41, 5.74) is 5.37. The summed E-state index contributed by atoms with van der Waals surface area (Å²) in [6.07, 6.45) is 3.67. The van der Waals surface area contributed by atoms with E-state index < -0.39 is 8.07 Å². The molecule has 3 aromatic carbocycles. The number of aromatic nitrogens is 2. The second-order valence-corrected chi connectivity index (χ2v) is 16.0. The molecule has 0 N–H and O–H groups in total. The molecule has 0 bridgehead atoms. The van der Waals surface area contributed by atoms with E-state index >= 15 is 0 Å². The van der Waals surface area contributed by atoms with E-state index in [1.165, 1.54) is 30.9 Å². The number of rotatable bonds is 3. The van der Waals surface area contributed by atoms with Crippen LogP contribution in [0.1, 0.15) is 5.56 Å². The van der Waals surface area contributed by atoms with Crippen LogP contribution in [0.15, 0.2) is 97.3 Å². The summed E-state index contributed by atoms with van der Waals surface area (Å²) < 4.78 is 2.64. The van der Waals surface area contributed by atoms with Gasteiger partial charge in [-0.1, -0.05) is 66.1 Å². The summed E-state index contributed by atoms with van der Waals surface area (Å²) >= 11 is 1.85. The van der Waals surface area contributed by atoms with Gasteiger partial charge in [-0.3, -0.25) is 0 Å². The first kappa shape index (κ1) is 27.1. The Bertz CT molecular complexity index is 1590. The summed E-state index contributed by atoms with van der Waals surface area (Å²) in [5, 5.41) is 4.21. The predicted octanol–water partition coefficient (Wildman–Crippen LogP) is 8.32. The van der Waals surface area contributed by atoms with Crippen LogP contribution in [0.5, 0.6) is 0 Å². The molecule has 0 fully saturated rings. The standard InChI is InChI=1S/C21H20NSSi.C11H8N.Ir/c1-14-10-11-22-19(12-14)17-7-5-6-16-18-13-15(24(2,3)4)8-9-20(18)23-21(16)17;1-2-6-10(7-3-1)11-8-4-5-9-12-11;/h5-6,8-13H,1-4H3;1-6,8-9H;/q2*-1;. The van der Waals surface area contributed by atoms with E-state index in [1.54, 1.807) is 6.20 Å². The van der Waals surface area contributed by atoms with Crippen molar-refractivity contribution in [2.24, 2.45) is 0 Å². The van der Waals surface area contributed by atoms with Crippen LogP contribution < -0.4 is 5.19 Å². The van der Waals surface area contributed by atoms with E-state index in [1.807, 2.05) is 72.1 Å². The van der Waals surface area contributed by atoms with E-state index in [0.29, 0.717) is 0 Å². The van der Waals surface area contributed by atoms with Crippen molar-refractivity contribution < 1.29 is 20.1 Å². The van der Waals surface area contributed by atoms with Crippen molar-refractivity contribution in [2.45, 2.75) is 26.6 Å². The van der Waals surface area contributed by atoms with Crippen LogP contribution in [-0.4, -0.2) is 18.0 Å². The fourth-order valence-corrected chi connectivity index (χ4v) is 6.50. The van der Waals surface area contributed by atoms with Gasteiger partial charge in [0.15, 0.2) is 0 Å². The Hall–Kier alpha value is -2.95. The van der Waals surface area contributed by atoms with Crippen molar-refractivity contribution in [3.05, 3.63) is 115 Å². The summed E-state index contributed by atoms with van der Waals surface area (Å²) in [6.45, 7) is 9.31. The van der Waals surface area contributed by atoms with Crippen LogP contribution in [0.25, 0.3) is 42.7 Å². The molecule has 1 radical (unpaired) electrons. The molecular formula is C32H28IrN2SSi-2. The van der Waals surface area contributed by atoms with Gasteiger partial charge in [-0.25, -0.2) is 0 Å². The van der Waals surface area contributed by atoms with Gasteiger partial charge in [-0.05, 0) is 46.6 Å². The van der Waals surface area contributed by atoms with Gasteiger partial charge < -0.3 is 9.97 Å². The summed E-state index contributed by atoms with van der Waals surface area (Å²) in [4.78, 5) is 8.79. The Kier molecular flexibility index (Phi) is 8.51. The largest absolute Gasteiger partial charge is 0.305 e. The molecular weight excluding hydrogens is 665 g/mol. The number of fused-ring (bicyclic) bond motifs is 3. The first-order valence-corrected chi connectivity index (χ1v) is 16.4. The second-order valence-electron chi connectivity index (χ2n) is 9.87. The fraction of sp³-hybridized carbons (Fsp3) is 0.125. The van der Waals surface area contributed by atoms with Crippen molar-refractivity contribution >= 4 is 44.8 Å². The Balaban J connectivity index is 0.000000208. The molecule has 0 unspecified atom stereocenters. The minimum atomic E-state index is -1.31. The van der Waals surface area contributed by atoms with Gasteiger partial charge >= 0.3 is 0 Å². The minimum absolute atomic E-state index is 0. The Morgan fingerprint density at radius 1 is 0.730 bits per heavy atom. The van der Waals surface area contributed by atoms with Crippen LogP contribution in [0.3, 0.4) is 0 Å². The van der Waals surface area contributed by atoms with Gasteiger partial charge in [0.05, 0.1) is 8.07 Å². The van der Waals surface area contributed by atoms with E-state index in [4.69, 9.17) is 0 Å². The number of benzene rings is 3. The zero-order valence-electron chi connectivity index (χ0n) is 21.4. The van der Waals surface area contributed by atoms with Crippen LogP contribution in [0.4, 0.5) is 0 Å². The third kappa shape index (κ3) is 6.14. The third-order valence-electron chi connectivity index (χ3n) is 6.12. The van der Waals surface area contributed by atoms with Crippen molar-refractivity contribution in [3.8, 4) is 22.5 Å². The summed E-state index contributed by atoms with van der Waals surface area (Å²) in [6, 6.07) is 35.7. The van der Waals surface area contributed by atoms with E-state index in [9.17, 15) is 0 Å². The van der Waals surface area contributed by atoms with Crippen molar-refractivity contribution in [1.29, 1.82) is 0 Å². The molecule has 0 aliphatic rings. The molecule has 3 aromatic heterocycles. The van der Waals surface area contributed by atoms with Crippen LogP contribution >= 0.6 is 11.3 Å². The van der Waals surface area contributed by atoms with Crippen molar-refractivity contribution in [1.82, 2.24) is 9.97 Å². The second kappa shape index (κ2) is 11.6. The van der Waals surface area contributed by atoms with Crippen molar-refractivity contribution in [3.63, 3.8) is 0 Å². The number of hydrogen-bond acceptors (Lipinski definition) is 3. The number of thiophene rings is 1. The monoisotopic (exact) mass is 693 g/mol. The molecule has 0 aliphatic carbocycles. The zero-order chi connectivity index (χ0) is 25.1. The van der Waals surface area contributed by atoms with Crippen LogP contribution in [0.2, 0.25) is 19.6 Å². The summed E-state index contributed by atoms with van der Waals surface area (Å²) in [7, 11) is -1.31. The van der Waals surface area contributed by atoms with E-state index in [-0.39, 0.29) is 20.1 Å². The number of aryl methyl sites for hydroxylation is 1. The third-order valence-corrected chi connectivity index (χ3v) is 9.37.